The van der Waals surface area contributed by atoms with Crippen molar-refractivity contribution in [3.05, 3.63) is 17.5 Å². The Morgan fingerprint density at radius 3 is 2.68 bits per heavy atom. The summed E-state index contributed by atoms with van der Waals surface area (Å²) in [5.41, 5.74) is -0.781. The van der Waals surface area contributed by atoms with E-state index in [-0.39, 0.29) is 12.2 Å². The van der Waals surface area contributed by atoms with E-state index in [0.717, 1.165) is 18.9 Å². The van der Waals surface area contributed by atoms with Crippen molar-refractivity contribution in [2.75, 3.05) is 0 Å². The molecule has 1 heterocycles. The van der Waals surface area contributed by atoms with Gasteiger partial charge in [-0.15, -0.1) is 0 Å². The van der Waals surface area contributed by atoms with E-state index < -0.39 is 18.0 Å². The second-order valence-corrected chi connectivity index (χ2v) is 4.11. The van der Waals surface area contributed by atoms with E-state index in [2.05, 4.69) is 5.10 Å². The van der Waals surface area contributed by atoms with Crippen LogP contribution in [0.5, 0.6) is 0 Å². The predicted octanol–water partition coefficient (Wildman–Crippen LogP) is 2.86. The lowest BCUT2D eigenvalue weighted by Gasteiger charge is -2.06. The van der Waals surface area contributed by atoms with Crippen LogP contribution in [0.2, 0.25) is 0 Å². The van der Waals surface area contributed by atoms with Crippen molar-refractivity contribution in [2.45, 2.75) is 45.5 Å². The topological polar surface area (TPSA) is 67.2 Å². The minimum absolute atomic E-state index is 0.190. The largest absolute Gasteiger partial charge is 0.465 e. The number of nitrogens with one attached hydrogen (secondary N) is 1. The van der Waals surface area contributed by atoms with Gasteiger partial charge in [0.2, 0.25) is 0 Å². The molecule has 1 aromatic heterocycles. The maximum Gasteiger partial charge on any atom is 0.435 e. The average molecular weight is 279 g/mol. The van der Waals surface area contributed by atoms with Crippen LogP contribution in [0.15, 0.2) is 6.07 Å². The zero-order valence-electron chi connectivity index (χ0n) is 10.5. The number of carbonyl (C=O) groups is 1. The SMILES string of the molecule is CCCCCn1nc(C(F)(F)F)cc1CNC(=O)O. The van der Waals surface area contributed by atoms with E-state index in [1.54, 1.807) is 0 Å². The third-order valence-electron chi connectivity index (χ3n) is 2.55. The lowest BCUT2D eigenvalue weighted by Crippen LogP contribution is -2.22. The Labute approximate surface area is 108 Å². The first-order valence-corrected chi connectivity index (χ1v) is 5.95. The van der Waals surface area contributed by atoms with Gasteiger partial charge in [-0.1, -0.05) is 19.8 Å². The summed E-state index contributed by atoms with van der Waals surface area (Å²) < 4.78 is 38.9. The van der Waals surface area contributed by atoms with Crippen molar-refractivity contribution < 1.29 is 23.1 Å². The maximum absolute atomic E-state index is 12.6. The van der Waals surface area contributed by atoms with Crippen LogP contribution in [-0.2, 0) is 19.3 Å². The van der Waals surface area contributed by atoms with Crippen molar-refractivity contribution in [2.24, 2.45) is 0 Å². The number of alkyl halides is 3. The van der Waals surface area contributed by atoms with Gasteiger partial charge < -0.3 is 10.4 Å². The standard InChI is InChI=1S/C11H16F3N3O2/c1-2-3-4-5-17-8(7-15-10(18)19)6-9(16-17)11(12,13)14/h6,15H,2-5,7H2,1H3,(H,18,19). The van der Waals surface area contributed by atoms with Gasteiger partial charge in [0.1, 0.15) is 0 Å². The first-order valence-electron chi connectivity index (χ1n) is 5.95. The summed E-state index contributed by atoms with van der Waals surface area (Å²) in [5, 5.41) is 14.0. The van der Waals surface area contributed by atoms with Crippen LogP contribution in [0.25, 0.3) is 0 Å². The molecule has 8 heteroatoms. The molecular formula is C11H16F3N3O2. The normalized spacial score (nSPS) is 11.6. The Bertz CT molecular complexity index is 429. The summed E-state index contributed by atoms with van der Waals surface area (Å²) in [5.74, 6) is 0. The monoisotopic (exact) mass is 279 g/mol. The summed E-state index contributed by atoms with van der Waals surface area (Å²) in [6.45, 7) is 2.14. The van der Waals surface area contributed by atoms with Crippen molar-refractivity contribution >= 4 is 6.09 Å². The molecular weight excluding hydrogens is 263 g/mol. The Morgan fingerprint density at radius 1 is 1.47 bits per heavy atom. The zero-order chi connectivity index (χ0) is 14.5. The Morgan fingerprint density at radius 2 is 2.16 bits per heavy atom. The predicted molar refractivity (Wildman–Crippen MR) is 61.6 cm³/mol. The van der Waals surface area contributed by atoms with Gasteiger partial charge in [-0.05, 0) is 12.5 Å². The minimum atomic E-state index is -4.52. The molecule has 0 saturated heterocycles. The van der Waals surface area contributed by atoms with Crippen LogP contribution in [0.4, 0.5) is 18.0 Å². The van der Waals surface area contributed by atoms with Crippen molar-refractivity contribution in [3.8, 4) is 0 Å². The number of nitrogens with zero attached hydrogens (tertiary/aromatic N) is 2. The highest BCUT2D eigenvalue weighted by molar-refractivity contribution is 5.64. The summed E-state index contributed by atoms with van der Waals surface area (Å²) in [6.07, 6.45) is -3.28. The molecule has 0 unspecified atom stereocenters. The molecule has 0 spiro atoms. The molecule has 108 valence electrons. The number of amides is 1. The lowest BCUT2D eigenvalue weighted by atomic mass is 10.2. The number of carboxylic acid groups (broad SMARTS) is 1. The molecule has 5 nitrogen and oxygen atoms in total. The summed E-state index contributed by atoms with van der Waals surface area (Å²) in [6, 6.07) is 0.877. The zero-order valence-corrected chi connectivity index (χ0v) is 10.5. The third kappa shape index (κ3) is 4.80. The van der Waals surface area contributed by atoms with E-state index >= 15 is 0 Å². The molecule has 1 rings (SSSR count). The second kappa shape index (κ2) is 6.44. The number of hydrogen-bond acceptors (Lipinski definition) is 2. The maximum atomic E-state index is 12.6. The molecule has 0 radical (unpaired) electrons. The number of unbranched alkanes of at least 4 members (excludes halogenated alkanes) is 2. The molecule has 1 aromatic rings. The van der Waals surface area contributed by atoms with Gasteiger partial charge in [-0.2, -0.15) is 18.3 Å². The van der Waals surface area contributed by atoms with Crippen molar-refractivity contribution in [1.82, 2.24) is 15.1 Å². The molecule has 2 N–H and O–H groups in total. The van der Waals surface area contributed by atoms with Crippen LogP contribution < -0.4 is 5.32 Å². The molecule has 0 aromatic carbocycles. The molecule has 0 bridgehead atoms. The molecule has 0 aliphatic heterocycles. The minimum Gasteiger partial charge on any atom is -0.465 e. The fourth-order valence-corrected chi connectivity index (χ4v) is 1.61. The van der Waals surface area contributed by atoms with Gasteiger partial charge in [0.05, 0.1) is 12.2 Å². The van der Waals surface area contributed by atoms with Gasteiger partial charge in [-0.25, -0.2) is 4.79 Å². The van der Waals surface area contributed by atoms with E-state index in [0.29, 0.717) is 13.0 Å². The summed E-state index contributed by atoms with van der Waals surface area (Å²) in [7, 11) is 0. The van der Waals surface area contributed by atoms with Crippen molar-refractivity contribution in [3.63, 3.8) is 0 Å². The van der Waals surface area contributed by atoms with Crippen LogP contribution in [0.1, 0.15) is 37.6 Å². The Hall–Kier alpha value is -1.73. The fraction of sp³-hybridized carbons (Fsp3) is 0.636. The van der Waals surface area contributed by atoms with Gasteiger partial charge in [-0.3, -0.25) is 4.68 Å². The van der Waals surface area contributed by atoms with Gasteiger partial charge in [0.15, 0.2) is 5.69 Å². The Balaban J connectivity index is 2.84. The lowest BCUT2D eigenvalue weighted by molar-refractivity contribution is -0.141. The molecule has 1 amide bonds. The van der Waals surface area contributed by atoms with Crippen LogP contribution in [0.3, 0.4) is 0 Å². The quantitative estimate of drug-likeness (QED) is 0.787. The van der Waals surface area contributed by atoms with E-state index in [1.165, 1.54) is 4.68 Å². The average Bonchev–Trinajstić information content (AvgIpc) is 2.70. The highest BCUT2D eigenvalue weighted by Gasteiger charge is 2.34. The van der Waals surface area contributed by atoms with E-state index in [9.17, 15) is 18.0 Å². The Kier molecular flexibility index (Phi) is 5.20. The molecule has 0 fully saturated rings. The molecule has 19 heavy (non-hydrogen) atoms. The molecule has 0 saturated carbocycles. The van der Waals surface area contributed by atoms with E-state index in [1.807, 2.05) is 12.2 Å². The second-order valence-electron chi connectivity index (χ2n) is 4.11. The number of aromatic nitrogens is 2. The van der Waals surface area contributed by atoms with Gasteiger partial charge in [0.25, 0.3) is 0 Å². The first kappa shape index (κ1) is 15.3. The number of hydrogen-bond donors (Lipinski definition) is 2. The summed E-state index contributed by atoms with van der Waals surface area (Å²) >= 11 is 0. The summed E-state index contributed by atoms with van der Waals surface area (Å²) in [4.78, 5) is 10.4. The third-order valence-corrected chi connectivity index (χ3v) is 2.55. The highest BCUT2D eigenvalue weighted by Crippen LogP contribution is 2.28. The highest BCUT2D eigenvalue weighted by atomic mass is 19.4. The smallest absolute Gasteiger partial charge is 0.435 e. The number of halogens is 3. The first-order chi connectivity index (χ1) is 8.84. The van der Waals surface area contributed by atoms with Crippen LogP contribution in [-0.4, -0.2) is 21.0 Å². The van der Waals surface area contributed by atoms with E-state index in [4.69, 9.17) is 5.11 Å². The van der Waals surface area contributed by atoms with Gasteiger partial charge in [0, 0.05) is 6.54 Å². The van der Waals surface area contributed by atoms with Gasteiger partial charge >= 0.3 is 12.3 Å². The number of rotatable bonds is 6. The fourth-order valence-electron chi connectivity index (χ4n) is 1.61. The van der Waals surface area contributed by atoms with Crippen LogP contribution in [0, 0.1) is 0 Å². The molecule has 0 aliphatic carbocycles. The number of aryl methyl sites for hydroxylation is 1. The van der Waals surface area contributed by atoms with Crippen LogP contribution >= 0.6 is 0 Å². The molecule has 0 aliphatic rings. The molecule has 0 atom stereocenters. The van der Waals surface area contributed by atoms with Crippen molar-refractivity contribution in [1.29, 1.82) is 0 Å².